The lowest BCUT2D eigenvalue weighted by Crippen LogP contribution is -2.48. The summed E-state index contributed by atoms with van der Waals surface area (Å²) in [5, 5.41) is 3.48. The summed E-state index contributed by atoms with van der Waals surface area (Å²) in [6.07, 6.45) is 1.42. The Morgan fingerprint density at radius 3 is 2.83 bits per heavy atom. The van der Waals surface area contributed by atoms with Gasteiger partial charge in [0, 0.05) is 18.7 Å². The predicted molar refractivity (Wildman–Crippen MR) is 51.3 cm³/mol. The first kappa shape index (κ1) is 9.75. The predicted octanol–water partition coefficient (Wildman–Crippen LogP) is 1.72. The van der Waals surface area contributed by atoms with Crippen LogP contribution in [0.25, 0.3) is 0 Å². The van der Waals surface area contributed by atoms with Crippen LogP contribution in [0.15, 0.2) is 12.2 Å². The molecule has 2 nitrogen and oxygen atoms in total. The van der Waals surface area contributed by atoms with Crippen molar-refractivity contribution in [2.75, 3.05) is 13.2 Å². The van der Waals surface area contributed by atoms with Crippen molar-refractivity contribution < 1.29 is 4.74 Å². The molecule has 0 bridgehead atoms. The zero-order valence-electron chi connectivity index (χ0n) is 8.31. The van der Waals surface area contributed by atoms with Gasteiger partial charge in [0.1, 0.15) is 0 Å². The zero-order valence-corrected chi connectivity index (χ0v) is 8.31. The monoisotopic (exact) mass is 169 g/mol. The van der Waals surface area contributed by atoms with E-state index in [0.29, 0.717) is 6.10 Å². The molecule has 1 saturated heterocycles. The smallest absolute Gasteiger partial charge is 0.0726 e. The van der Waals surface area contributed by atoms with Gasteiger partial charge >= 0.3 is 0 Å². The largest absolute Gasteiger partial charge is 0.377 e. The molecule has 1 aliphatic heterocycles. The van der Waals surface area contributed by atoms with Crippen LogP contribution in [-0.4, -0.2) is 24.8 Å². The Bertz CT molecular complexity index is 179. The third-order valence-corrected chi connectivity index (χ3v) is 2.68. The first-order chi connectivity index (χ1) is 5.54. The molecule has 0 aromatic heterocycles. The normalized spacial score (nSPS) is 35.4. The minimum Gasteiger partial charge on any atom is -0.377 e. The minimum absolute atomic E-state index is 0.152. The van der Waals surface area contributed by atoms with Gasteiger partial charge < -0.3 is 10.1 Å². The number of ether oxygens (including phenoxy) is 1. The minimum atomic E-state index is 0.152. The molecular weight excluding hydrogens is 150 g/mol. The van der Waals surface area contributed by atoms with E-state index in [1.165, 1.54) is 5.57 Å². The van der Waals surface area contributed by atoms with Crippen molar-refractivity contribution in [3.05, 3.63) is 12.2 Å². The van der Waals surface area contributed by atoms with Crippen molar-refractivity contribution in [3.63, 3.8) is 0 Å². The highest BCUT2D eigenvalue weighted by Gasteiger charge is 2.36. The lowest BCUT2D eigenvalue weighted by molar-refractivity contribution is 0.0898. The summed E-state index contributed by atoms with van der Waals surface area (Å²) < 4.78 is 5.51. The summed E-state index contributed by atoms with van der Waals surface area (Å²) in [7, 11) is 0. The Balaban J connectivity index is 2.42. The summed E-state index contributed by atoms with van der Waals surface area (Å²) in [6.45, 7) is 12.0. The highest BCUT2D eigenvalue weighted by molar-refractivity contribution is 4.99. The Kier molecular flexibility index (Phi) is 2.91. The van der Waals surface area contributed by atoms with E-state index in [0.717, 1.165) is 19.6 Å². The Labute approximate surface area is 75.0 Å². The van der Waals surface area contributed by atoms with Gasteiger partial charge in [-0.15, -0.1) is 0 Å². The van der Waals surface area contributed by atoms with E-state index >= 15 is 0 Å². The highest BCUT2D eigenvalue weighted by Crippen LogP contribution is 2.24. The van der Waals surface area contributed by atoms with E-state index in [4.69, 9.17) is 4.74 Å². The summed E-state index contributed by atoms with van der Waals surface area (Å²) >= 11 is 0. The molecule has 1 heterocycles. The molecule has 0 aromatic rings. The second-order valence-corrected chi connectivity index (χ2v) is 3.99. The Hall–Kier alpha value is -0.340. The van der Waals surface area contributed by atoms with Crippen LogP contribution in [0.3, 0.4) is 0 Å². The van der Waals surface area contributed by atoms with E-state index in [1.807, 2.05) is 6.92 Å². The topological polar surface area (TPSA) is 21.3 Å². The molecule has 70 valence electrons. The van der Waals surface area contributed by atoms with Crippen molar-refractivity contribution in [3.8, 4) is 0 Å². The van der Waals surface area contributed by atoms with Gasteiger partial charge in [-0.05, 0) is 27.2 Å². The van der Waals surface area contributed by atoms with Crippen molar-refractivity contribution in [2.24, 2.45) is 0 Å². The fourth-order valence-corrected chi connectivity index (χ4v) is 1.42. The van der Waals surface area contributed by atoms with Crippen LogP contribution in [0.5, 0.6) is 0 Å². The molecule has 1 rings (SSSR count). The number of hydrogen-bond donors (Lipinski definition) is 1. The molecule has 1 N–H and O–H groups in total. The Morgan fingerprint density at radius 2 is 2.42 bits per heavy atom. The zero-order chi connectivity index (χ0) is 9.19. The quantitative estimate of drug-likeness (QED) is 0.649. The van der Waals surface area contributed by atoms with Gasteiger partial charge in [-0.25, -0.2) is 0 Å². The van der Waals surface area contributed by atoms with Crippen LogP contribution < -0.4 is 5.32 Å². The van der Waals surface area contributed by atoms with Crippen LogP contribution in [-0.2, 0) is 4.74 Å². The van der Waals surface area contributed by atoms with Crippen LogP contribution in [0.4, 0.5) is 0 Å². The first-order valence-electron chi connectivity index (χ1n) is 4.55. The molecule has 0 aromatic carbocycles. The third-order valence-electron chi connectivity index (χ3n) is 2.68. The fraction of sp³-hybridized carbons (Fsp3) is 0.800. The molecule has 12 heavy (non-hydrogen) atoms. The van der Waals surface area contributed by atoms with Gasteiger partial charge in [-0.2, -0.15) is 0 Å². The molecule has 0 spiro atoms. The molecule has 2 atom stereocenters. The average Bonchev–Trinajstić information content (AvgIpc) is 2.30. The van der Waals surface area contributed by atoms with Gasteiger partial charge in [-0.1, -0.05) is 12.2 Å². The summed E-state index contributed by atoms with van der Waals surface area (Å²) in [5.74, 6) is 0. The van der Waals surface area contributed by atoms with Gasteiger partial charge in [0.15, 0.2) is 0 Å². The fourth-order valence-electron chi connectivity index (χ4n) is 1.42. The van der Waals surface area contributed by atoms with Crippen molar-refractivity contribution in [1.82, 2.24) is 5.32 Å². The molecule has 0 amide bonds. The molecule has 1 aliphatic rings. The lowest BCUT2D eigenvalue weighted by Gasteiger charge is -2.29. The lowest BCUT2D eigenvalue weighted by atomic mass is 9.94. The molecule has 0 radical (unpaired) electrons. The van der Waals surface area contributed by atoms with Crippen molar-refractivity contribution >= 4 is 0 Å². The number of hydrogen-bond acceptors (Lipinski definition) is 2. The van der Waals surface area contributed by atoms with Gasteiger partial charge in [-0.3, -0.25) is 0 Å². The first-order valence-corrected chi connectivity index (χ1v) is 4.55. The van der Waals surface area contributed by atoms with Crippen LogP contribution in [0, 0.1) is 0 Å². The third kappa shape index (κ3) is 2.08. The SMILES string of the molecule is C=C(C)CNC1(C)CCOC1C. The van der Waals surface area contributed by atoms with Gasteiger partial charge in [0.05, 0.1) is 6.10 Å². The second kappa shape index (κ2) is 3.58. The standard InChI is InChI=1S/C10H19NO/c1-8(2)7-11-10(4)5-6-12-9(10)3/h9,11H,1,5-7H2,2-4H3. The van der Waals surface area contributed by atoms with Crippen LogP contribution >= 0.6 is 0 Å². The molecule has 2 unspecified atom stereocenters. The number of nitrogens with one attached hydrogen (secondary N) is 1. The summed E-state index contributed by atoms with van der Waals surface area (Å²) in [6, 6.07) is 0. The van der Waals surface area contributed by atoms with E-state index < -0.39 is 0 Å². The highest BCUT2D eigenvalue weighted by atomic mass is 16.5. The summed E-state index contributed by atoms with van der Waals surface area (Å²) in [5.41, 5.74) is 1.33. The molecular formula is C10H19NO. The average molecular weight is 169 g/mol. The van der Waals surface area contributed by atoms with Gasteiger partial charge in [0.25, 0.3) is 0 Å². The maximum absolute atomic E-state index is 5.51. The maximum Gasteiger partial charge on any atom is 0.0726 e. The van der Waals surface area contributed by atoms with Crippen molar-refractivity contribution in [2.45, 2.75) is 38.8 Å². The van der Waals surface area contributed by atoms with Crippen molar-refractivity contribution in [1.29, 1.82) is 0 Å². The number of rotatable bonds is 3. The van der Waals surface area contributed by atoms with E-state index in [2.05, 4.69) is 25.7 Å². The van der Waals surface area contributed by atoms with Crippen LogP contribution in [0.1, 0.15) is 27.2 Å². The van der Waals surface area contributed by atoms with E-state index in [1.54, 1.807) is 0 Å². The van der Waals surface area contributed by atoms with E-state index in [-0.39, 0.29) is 5.54 Å². The summed E-state index contributed by atoms with van der Waals surface area (Å²) in [4.78, 5) is 0. The van der Waals surface area contributed by atoms with Gasteiger partial charge in [0.2, 0.25) is 0 Å². The molecule has 0 saturated carbocycles. The van der Waals surface area contributed by atoms with Crippen LogP contribution in [0.2, 0.25) is 0 Å². The molecule has 0 aliphatic carbocycles. The molecule has 2 heteroatoms. The Morgan fingerprint density at radius 1 is 1.75 bits per heavy atom. The van der Waals surface area contributed by atoms with E-state index in [9.17, 15) is 0 Å². The second-order valence-electron chi connectivity index (χ2n) is 3.99. The molecule has 1 fully saturated rings. The maximum atomic E-state index is 5.51.